The molecule has 144 valence electrons. The average molecular weight is 378 g/mol. The molecule has 3 heterocycles. The van der Waals surface area contributed by atoms with Gasteiger partial charge < -0.3 is 19.3 Å². The van der Waals surface area contributed by atoms with Gasteiger partial charge in [0.25, 0.3) is 11.4 Å². The van der Waals surface area contributed by atoms with Crippen LogP contribution in [0.2, 0.25) is 0 Å². The van der Waals surface area contributed by atoms with Crippen molar-refractivity contribution in [1.29, 1.82) is 0 Å². The van der Waals surface area contributed by atoms with Gasteiger partial charge in [0.1, 0.15) is 0 Å². The predicted molar refractivity (Wildman–Crippen MR) is 111 cm³/mol. The Labute approximate surface area is 165 Å². The molecule has 0 N–H and O–H groups in total. The zero-order valence-electron chi connectivity index (χ0n) is 16.8. The normalized spacial score (nSPS) is 21.9. The van der Waals surface area contributed by atoms with Gasteiger partial charge in [-0.1, -0.05) is 9.15 Å². The molecule has 3 aliphatic rings. The molecule has 0 unspecified atom stereocenters. The molecular formula is C22H26N4O2+2. The monoisotopic (exact) mass is 378 g/mol. The fraction of sp³-hybridized carbons (Fsp3) is 0.364. The van der Waals surface area contributed by atoms with E-state index >= 15 is 0 Å². The van der Waals surface area contributed by atoms with Crippen molar-refractivity contribution in [3.05, 3.63) is 36.4 Å². The molecule has 5 rings (SSSR count). The highest BCUT2D eigenvalue weighted by Crippen LogP contribution is 2.51. The van der Waals surface area contributed by atoms with E-state index in [0.29, 0.717) is 0 Å². The lowest BCUT2D eigenvalue weighted by Gasteiger charge is -2.13. The summed E-state index contributed by atoms with van der Waals surface area (Å²) in [6.07, 6.45) is 7.47. The maximum Gasteiger partial charge on any atom is 0.714 e. The largest absolute Gasteiger partial charge is 0.714 e. The van der Waals surface area contributed by atoms with E-state index in [1.807, 2.05) is 12.1 Å². The Bertz CT molecular complexity index is 942. The van der Waals surface area contributed by atoms with E-state index in [1.165, 1.54) is 0 Å². The van der Waals surface area contributed by atoms with Gasteiger partial charge in [-0.15, -0.1) is 0 Å². The Morgan fingerprint density at radius 1 is 0.750 bits per heavy atom. The summed E-state index contributed by atoms with van der Waals surface area (Å²) in [6.45, 7) is 0. The molecule has 6 heteroatoms. The molecular weight excluding hydrogens is 352 g/mol. The molecule has 2 aromatic rings. The zero-order chi connectivity index (χ0) is 19.5. The molecule has 0 amide bonds. The molecule has 0 atom stereocenters. The van der Waals surface area contributed by atoms with Crippen LogP contribution in [-0.2, 0) is 0 Å². The van der Waals surface area contributed by atoms with Crippen LogP contribution in [-0.4, -0.2) is 55.8 Å². The van der Waals surface area contributed by atoms with Crippen LogP contribution in [0.4, 0.5) is 22.7 Å². The van der Waals surface area contributed by atoms with Crippen molar-refractivity contribution in [1.82, 2.24) is 0 Å². The Balaban J connectivity index is 1.68. The maximum atomic E-state index is 6.51. The van der Waals surface area contributed by atoms with E-state index in [0.717, 1.165) is 53.5 Å². The summed E-state index contributed by atoms with van der Waals surface area (Å²) < 4.78 is 17.3. The van der Waals surface area contributed by atoms with E-state index in [4.69, 9.17) is 9.47 Å². The number of hydrogen-bond donors (Lipinski definition) is 0. The molecule has 6 nitrogen and oxygen atoms in total. The van der Waals surface area contributed by atoms with Crippen LogP contribution in [0, 0.1) is 0 Å². The van der Waals surface area contributed by atoms with E-state index in [1.54, 1.807) is 0 Å². The highest BCUT2D eigenvalue weighted by molar-refractivity contribution is 5.68. The van der Waals surface area contributed by atoms with Crippen molar-refractivity contribution in [2.75, 3.05) is 38.0 Å². The topological polar surface area (TPSA) is 31.0 Å². The highest BCUT2D eigenvalue weighted by atomic mass is 16.8. The smallest absolute Gasteiger partial charge is 0.377 e. The minimum absolute atomic E-state index is 0.836. The lowest BCUT2D eigenvalue weighted by Crippen LogP contribution is -2.53. The quantitative estimate of drug-likeness (QED) is 0.748. The van der Waals surface area contributed by atoms with Crippen LogP contribution in [0.15, 0.2) is 36.4 Å². The number of anilines is 2. The summed E-state index contributed by atoms with van der Waals surface area (Å²) in [4.78, 5) is 4.21. The van der Waals surface area contributed by atoms with Gasteiger partial charge in [-0.3, -0.25) is 0 Å². The van der Waals surface area contributed by atoms with Crippen molar-refractivity contribution >= 4 is 35.2 Å². The third-order valence-electron chi connectivity index (χ3n) is 5.56. The fourth-order valence-corrected chi connectivity index (χ4v) is 4.03. The van der Waals surface area contributed by atoms with Crippen molar-refractivity contribution in [2.45, 2.75) is 25.3 Å². The van der Waals surface area contributed by atoms with Crippen molar-refractivity contribution < 1.29 is 18.6 Å². The minimum Gasteiger partial charge on any atom is -0.377 e. The Morgan fingerprint density at radius 3 is 1.64 bits per heavy atom. The van der Waals surface area contributed by atoms with Gasteiger partial charge in [0.2, 0.25) is 11.5 Å². The first-order chi connectivity index (χ1) is 13.5. The van der Waals surface area contributed by atoms with Gasteiger partial charge in [-0.05, 0) is 30.7 Å². The molecule has 0 aromatic heterocycles. The zero-order valence-corrected chi connectivity index (χ0v) is 16.8. The lowest BCUT2D eigenvalue weighted by atomic mass is 10.2. The van der Waals surface area contributed by atoms with E-state index in [2.05, 4.69) is 83.8 Å². The highest BCUT2D eigenvalue weighted by Gasteiger charge is 2.71. The van der Waals surface area contributed by atoms with E-state index in [-0.39, 0.29) is 0 Å². The maximum absolute atomic E-state index is 6.51. The molecule has 1 spiro atoms. The van der Waals surface area contributed by atoms with Gasteiger partial charge in [0.15, 0.2) is 12.4 Å². The third-order valence-corrected chi connectivity index (χ3v) is 5.56. The average Bonchev–Trinajstić information content (AvgIpc) is 3.11. The summed E-state index contributed by atoms with van der Waals surface area (Å²) in [5.74, 6) is 1.67. The number of benzene rings is 2. The molecule has 0 saturated heterocycles. The first-order valence-corrected chi connectivity index (χ1v) is 9.76. The molecule has 0 fully saturated rings. The van der Waals surface area contributed by atoms with Gasteiger partial charge in [0.05, 0.1) is 0 Å². The van der Waals surface area contributed by atoms with Crippen LogP contribution in [0.1, 0.15) is 19.3 Å². The predicted octanol–water partition coefficient (Wildman–Crippen LogP) is 3.53. The van der Waals surface area contributed by atoms with Gasteiger partial charge >= 0.3 is 6.03 Å². The van der Waals surface area contributed by atoms with Crippen molar-refractivity contribution in [3.63, 3.8) is 0 Å². The van der Waals surface area contributed by atoms with Crippen LogP contribution >= 0.6 is 0 Å². The standard InChI is InChI=1S/C22H26N4O2/c1-23(2)16-8-10-20-18(14-16)25-12-6-5-7-13-26-19-15-17(24(3)4)9-11-21(19)28-22(25,26)27-20/h8-15H,5-7H2,1-4H3/q+2/b25-12+,26-13+. The summed E-state index contributed by atoms with van der Waals surface area (Å²) in [7, 11) is 8.20. The number of nitrogens with zero attached hydrogens (tertiary/aromatic N) is 4. The summed E-state index contributed by atoms with van der Waals surface area (Å²) >= 11 is 0. The first-order valence-electron chi connectivity index (χ1n) is 9.76. The van der Waals surface area contributed by atoms with Gasteiger partial charge in [-0.2, -0.15) is 0 Å². The first kappa shape index (κ1) is 17.1. The fourth-order valence-electron chi connectivity index (χ4n) is 4.03. The van der Waals surface area contributed by atoms with Crippen LogP contribution in [0.3, 0.4) is 0 Å². The van der Waals surface area contributed by atoms with Crippen LogP contribution in [0.5, 0.6) is 11.5 Å². The Morgan fingerprint density at radius 2 is 1.21 bits per heavy atom. The molecule has 28 heavy (non-hydrogen) atoms. The third kappa shape index (κ3) is 2.33. The number of rotatable bonds is 2. The SMILES string of the molecule is CN(C)c1ccc2c(c1)/[N+]1=C\CCC/C=[N+]3\c4cc(N(C)C)ccc4OC13O2. The summed E-state index contributed by atoms with van der Waals surface area (Å²) in [5, 5.41) is 0. The minimum atomic E-state index is -1.03. The van der Waals surface area contributed by atoms with Crippen molar-refractivity contribution in [2.24, 2.45) is 0 Å². The number of fused-ring (bicyclic) bond motifs is 4. The second kappa shape index (κ2) is 5.99. The van der Waals surface area contributed by atoms with Crippen LogP contribution in [0.25, 0.3) is 0 Å². The van der Waals surface area contributed by atoms with Crippen LogP contribution < -0.4 is 19.3 Å². The molecule has 0 saturated carbocycles. The number of hydrogen-bond acceptors (Lipinski definition) is 4. The van der Waals surface area contributed by atoms with Crippen molar-refractivity contribution in [3.8, 4) is 11.5 Å². The van der Waals surface area contributed by atoms with E-state index < -0.39 is 6.03 Å². The second-order valence-corrected chi connectivity index (χ2v) is 7.88. The number of ether oxygens (including phenoxy) is 2. The van der Waals surface area contributed by atoms with Gasteiger partial charge in [0, 0.05) is 64.5 Å². The summed E-state index contributed by atoms with van der Waals surface area (Å²) in [6, 6.07) is 11.5. The molecule has 0 radical (unpaired) electrons. The Hall–Kier alpha value is -3.02. The van der Waals surface area contributed by atoms with E-state index in [9.17, 15) is 0 Å². The van der Waals surface area contributed by atoms with Gasteiger partial charge in [-0.25, -0.2) is 0 Å². The molecule has 0 aliphatic carbocycles. The summed E-state index contributed by atoms with van der Waals surface area (Å²) in [5.41, 5.74) is 4.34. The molecule has 0 bridgehead atoms. The second-order valence-electron chi connectivity index (χ2n) is 7.88. The lowest BCUT2D eigenvalue weighted by molar-refractivity contribution is -0.831. The Kier molecular flexibility index (Phi) is 3.66. The molecule has 2 aromatic carbocycles. The molecule has 3 aliphatic heterocycles.